The average Bonchev–Trinajstić information content (AvgIpc) is 4.50. The molecule has 6 aliphatic heterocycles. The summed E-state index contributed by atoms with van der Waals surface area (Å²) in [6.45, 7) is 5.27. The van der Waals surface area contributed by atoms with E-state index in [4.69, 9.17) is 47.4 Å². The predicted molar refractivity (Wildman–Crippen MR) is 300 cm³/mol. The molecule has 6 aromatic heterocycles. The Hall–Kier alpha value is -7.66. The number of benzene rings is 2. The van der Waals surface area contributed by atoms with Crippen LogP contribution in [0.1, 0.15) is 22.9 Å². The van der Waals surface area contributed by atoms with Gasteiger partial charge in [-0.1, -0.05) is 24.3 Å². The van der Waals surface area contributed by atoms with Crippen LogP contribution in [0.5, 0.6) is 57.5 Å². The van der Waals surface area contributed by atoms with Crippen LogP contribution >= 0.6 is 68.0 Å². The van der Waals surface area contributed by atoms with Crippen LogP contribution in [0, 0.1) is 11.3 Å². The first-order valence-electron chi connectivity index (χ1n) is 25.1. The van der Waals surface area contributed by atoms with Crippen LogP contribution in [0.25, 0.3) is 61.1 Å². The van der Waals surface area contributed by atoms with E-state index in [0.717, 1.165) is 63.7 Å². The van der Waals surface area contributed by atoms with Crippen LogP contribution in [0.4, 0.5) is 11.4 Å². The number of aryl methyl sites for hydroxylation is 2. The van der Waals surface area contributed by atoms with Gasteiger partial charge in [-0.05, 0) is 60.7 Å². The van der Waals surface area contributed by atoms with E-state index < -0.39 is 29.6 Å². The number of aromatic nitrogens is 1. The van der Waals surface area contributed by atoms with Gasteiger partial charge >= 0.3 is 11.9 Å². The highest BCUT2D eigenvalue weighted by molar-refractivity contribution is 7.31. The van der Waals surface area contributed by atoms with E-state index in [1.807, 2.05) is 0 Å². The fourth-order valence-corrected chi connectivity index (χ4v) is 18.0. The second kappa shape index (κ2) is 19.9. The van der Waals surface area contributed by atoms with Crippen LogP contribution < -0.4 is 67.0 Å². The molecule has 8 aromatic rings. The quantitative estimate of drug-likeness (QED) is 0.130. The first kappa shape index (κ1) is 49.6. The molecule has 12 heterocycles. The Bertz CT molecular complexity index is 4110. The third-order valence-corrected chi connectivity index (χ3v) is 21.3. The highest BCUT2D eigenvalue weighted by Crippen LogP contribution is 2.67. The minimum Gasteiger partial charge on any atom is -0.485 e. The van der Waals surface area contributed by atoms with Crippen molar-refractivity contribution in [3.63, 3.8) is 0 Å². The van der Waals surface area contributed by atoms with Crippen molar-refractivity contribution in [2.75, 3.05) is 77.5 Å². The van der Waals surface area contributed by atoms with Crippen molar-refractivity contribution in [1.82, 2.24) is 4.57 Å². The molecular formula is C55H41N3O15S6. The largest absolute Gasteiger partial charge is 0.485 e. The van der Waals surface area contributed by atoms with Crippen molar-refractivity contribution in [2.24, 2.45) is 0 Å². The topological polar surface area (TPSA) is 216 Å². The number of carbonyl (C=O) groups is 2. The number of nitrogens with zero attached hydrogens (tertiary/aromatic N) is 3. The van der Waals surface area contributed by atoms with Gasteiger partial charge in [-0.3, -0.25) is 14.2 Å². The molecule has 2 aromatic carbocycles. The minimum atomic E-state index is -1.59. The Morgan fingerprint density at radius 1 is 0.557 bits per heavy atom. The number of thiazole rings is 1. The molecule has 0 unspecified atom stereocenters. The fourth-order valence-electron chi connectivity index (χ4n) is 10.5. The molecule has 18 nitrogen and oxygen atoms in total. The summed E-state index contributed by atoms with van der Waals surface area (Å²) in [5.74, 6) is 2.43. The molecule has 79 heavy (non-hydrogen) atoms. The number of hydrogen-bond donors (Lipinski definition) is 2. The maximum atomic E-state index is 13.8. The van der Waals surface area contributed by atoms with Gasteiger partial charge in [-0.2, -0.15) is 5.26 Å². The van der Waals surface area contributed by atoms with Crippen molar-refractivity contribution >= 4 is 103 Å². The second-order valence-electron chi connectivity index (χ2n) is 18.3. The van der Waals surface area contributed by atoms with Gasteiger partial charge in [-0.25, -0.2) is 4.79 Å². The SMILES string of the molecule is CCN1c2ccccc2CCc2cc(-c3sc(-c4sc(-c5sc(-c6sc(-c7sc(/C=c8/s/c(=C(\C#N)C(=O)O)n(CC(=O)O)c8=O)c8c7OCCO8)c7c6OCCO7)c6c5OCCO6)c5c4OCCO5)c4c3OCCO4)ccc21. The van der Waals surface area contributed by atoms with E-state index in [9.17, 15) is 29.9 Å². The van der Waals surface area contributed by atoms with E-state index in [0.29, 0.717) is 123 Å². The molecule has 0 saturated heterocycles. The fraction of sp³-hybridized carbons (Fsp3) is 0.273. The molecule has 2 N–H and O–H groups in total. The van der Waals surface area contributed by atoms with Gasteiger partial charge < -0.3 is 62.5 Å². The molecule has 6 aliphatic rings. The van der Waals surface area contributed by atoms with Crippen LogP contribution in [-0.2, 0) is 29.0 Å². The van der Waals surface area contributed by atoms with E-state index >= 15 is 0 Å². The third kappa shape index (κ3) is 8.18. The summed E-state index contributed by atoms with van der Waals surface area (Å²) in [4.78, 5) is 47.5. The normalized spacial score (nSPS) is 16.2. The summed E-state index contributed by atoms with van der Waals surface area (Å²) in [5, 5.41) is 29.1. The number of carboxylic acid groups (broad SMARTS) is 2. The number of para-hydroxylation sites is 1. The van der Waals surface area contributed by atoms with Crippen molar-refractivity contribution in [2.45, 2.75) is 26.3 Å². The van der Waals surface area contributed by atoms with Crippen LogP contribution in [0.15, 0.2) is 47.3 Å². The highest BCUT2D eigenvalue weighted by Gasteiger charge is 2.40. The maximum absolute atomic E-state index is 13.8. The number of rotatable bonds is 10. The lowest BCUT2D eigenvalue weighted by molar-refractivity contribution is -0.138. The number of carboxylic acids is 2. The Balaban J connectivity index is 0.880. The van der Waals surface area contributed by atoms with Crippen LogP contribution in [-0.4, -0.2) is 99.3 Å². The van der Waals surface area contributed by atoms with E-state index in [2.05, 4.69) is 54.3 Å². The Morgan fingerprint density at radius 2 is 0.975 bits per heavy atom. The van der Waals surface area contributed by atoms with Gasteiger partial charge in [0, 0.05) is 17.9 Å². The highest BCUT2D eigenvalue weighted by atomic mass is 32.1. The molecule has 0 saturated carbocycles. The Kier molecular flexibility index (Phi) is 12.5. The van der Waals surface area contributed by atoms with Gasteiger partial charge in [0.2, 0.25) is 0 Å². The van der Waals surface area contributed by atoms with Gasteiger partial charge in [0.05, 0.1) is 53.3 Å². The van der Waals surface area contributed by atoms with E-state index in [1.54, 1.807) is 17.4 Å². The summed E-state index contributed by atoms with van der Waals surface area (Å²) in [6.07, 6.45) is 3.34. The van der Waals surface area contributed by atoms with Gasteiger partial charge in [0.25, 0.3) is 5.56 Å². The minimum absolute atomic E-state index is 0.00720. The van der Waals surface area contributed by atoms with Crippen molar-refractivity contribution in [1.29, 1.82) is 5.26 Å². The van der Waals surface area contributed by atoms with Gasteiger partial charge in [0.1, 0.15) is 83.3 Å². The van der Waals surface area contributed by atoms with E-state index in [-0.39, 0.29) is 35.6 Å². The van der Waals surface area contributed by atoms with Gasteiger partial charge in [-0.15, -0.1) is 68.0 Å². The lowest BCUT2D eigenvalue weighted by Gasteiger charge is -2.25. The predicted octanol–water partition coefficient (Wildman–Crippen LogP) is 9.34. The molecule has 0 fully saturated rings. The van der Waals surface area contributed by atoms with Crippen LogP contribution in [0.2, 0.25) is 0 Å². The van der Waals surface area contributed by atoms with E-state index in [1.165, 1.54) is 73.9 Å². The zero-order valence-electron chi connectivity index (χ0n) is 41.5. The summed E-state index contributed by atoms with van der Waals surface area (Å²) < 4.78 is 65.0. The Labute approximate surface area is 471 Å². The van der Waals surface area contributed by atoms with Crippen molar-refractivity contribution < 1.29 is 67.2 Å². The molecule has 24 heteroatoms. The first-order valence-corrected chi connectivity index (χ1v) is 30.0. The summed E-state index contributed by atoms with van der Waals surface area (Å²) in [7, 11) is 0. The number of nitriles is 1. The summed E-state index contributed by atoms with van der Waals surface area (Å²) in [6, 6.07) is 17.0. The zero-order chi connectivity index (χ0) is 53.6. The van der Waals surface area contributed by atoms with Crippen molar-refractivity contribution in [3.05, 3.63) is 78.0 Å². The molecule has 14 rings (SSSR count). The third-order valence-electron chi connectivity index (χ3n) is 13.7. The van der Waals surface area contributed by atoms with Gasteiger partial charge in [0.15, 0.2) is 63.1 Å². The molecule has 0 radical (unpaired) electrons. The Morgan fingerprint density at radius 3 is 1.44 bits per heavy atom. The molecule has 402 valence electrons. The summed E-state index contributed by atoms with van der Waals surface area (Å²) in [5.41, 5.74) is 4.57. The zero-order valence-corrected chi connectivity index (χ0v) is 46.4. The molecule has 0 spiro atoms. The standard InChI is InChI=1S/C55H41N3O15S6/c1-2-57-29-6-4-3-5-25(29)7-8-26-21-27(9-10-30(26)57)44-36-37(67-14-13-66-36)47(76-44)48-40-41(71-18-17-70-40)51(78-48)52-43-42(72-19-20-73-43)50(79-52)49-39-38(68-15-16-69-39)46(77-49)45-35-34(64-11-12-65-35)31(74-45)22-32-53(61)58(24-33(59)60)54(75-32)28(23-56)55(62)63/h3-6,9-10,21-22H,2,7-8,11-20,24H2,1H3,(H,59,60)(H,62,63)/b32-22+,54-28+. The molecule has 0 bridgehead atoms. The monoisotopic (exact) mass is 1180 g/mol. The second-order valence-corrected chi connectivity index (χ2v) is 24.5. The average molecular weight is 1180 g/mol. The molecule has 0 aliphatic carbocycles. The molecular weight excluding hydrogens is 1140 g/mol. The number of hydrogen-bond acceptors (Lipinski definition) is 21. The summed E-state index contributed by atoms with van der Waals surface area (Å²) >= 11 is 7.99. The smallest absolute Gasteiger partial charge is 0.349 e. The number of thiophene rings is 5. The first-order chi connectivity index (χ1) is 38.7. The maximum Gasteiger partial charge on any atom is 0.349 e. The van der Waals surface area contributed by atoms with Crippen molar-refractivity contribution in [3.8, 4) is 113 Å². The number of ether oxygens (including phenoxy) is 10. The number of fused-ring (bicyclic) bond motifs is 7. The van der Waals surface area contributed by atoms with Crippen LogP contribution in [0.3, 0.4) is 0 Å². The molecule has 0 amide bonds. The lowest BCUT2D eigenvalue weighted by atomic mass is 10.0. The number of aliphatic carboxylic acids is 2. The molecule has 0 atom stereocenters. The number of anilines is 2. The lowest BCUT2D eigenvalue weighted by Crippen LogP contribution is -2.35.